The number of nitrogens with one attached hydrogen (secondary N) is 1. The molecule has 0 radical (unpaired) electrons. The summed E-state index contributed by atoms with van der Waals surface area (Å²) in [7, 11) is 0. The van der Waals surface area contributed by atoms with E-state index in [0.717, 1.165) is 23.7 Å². The fraction of sp³-hybridized carbons (Fsp3) is 0.571. The summed E-state index contributed by atoms with van der Waals surface area (Å²) < 4.78 is 0. The molecule has 0 bridgehead atoms. The summed E-state index contributed by atoms with van der Waals surface area (Å²) in [6.07, 6.45) is 6.55. The molecule has 1 rings (SSSR count). The van der Waals surface area contributed by atoms with Crippen LogP contribution in [-0.2, 0) is 6.54 Å². The number of rotatable bonds is 8. The van der Waals surface area contributed by atoms with E-state index in [1.807, 2.05) is 12.1 Å². The van der Waals surface area contributed by atoms with Crippen LogP contribution < -0.4 is 5.32 Å². The van der Waals surface area contributed by atoms with E-state index < -0.39 is 0 Å². The molecule has 0 atom stereocenters. The van der Waals surface area contributed by atoms with Gasteiger partial charge in [0.1, 0.15) is 0 Å². The summed E-state index contributed by atoms with van der Waals surface area (Å²) >= 11 is 11.9. The summed E-state index contributed by atoms with van der Waals surface area (Å²) in [4.78, 5) is 0. The average Bonchev–Trinajstić information content (AvgIpc) is 2.30. The van der Waals surface area contributed by atoms with Gasteiger partial charge in [-0.15, -0.1) is 0 Å². The molecule has 0 heterocycles. The predicted octanol–water partition coefficient (Wildman–Crippen LogP) is 5.05. The predicted molar refractivity (Wildman–Crippen MR) is 76.9 cm³/mol. The Balaban J connectivity index is 2.14. The normalized spacial score (nSPS) is 10.8. The maximum atomic E-state index is 6.09. The Kier molecular flexibility index (Phi) is 7.67. The third kappa shape index (κ3) is 6.30. The van der Waals surface area contributed by atoms with Crippen LogP contribution in [0.3, 0.4) is 0 Å². The van der Waals surface area contributed by atoms with Gasteiger partial charge >= 0.3 is 0 Å². The minimum atomic E-state index is 0.693. The second kappa shape index (κ2) is 8.79. The molecule has 96 valence electrons. The van der Waals surface area contributed by atoms with Crippen molar-refractivity contribution in [3.05, 3.63) is 33.8 Å². The first-order valence-electron chi connectivity index (χ1n) is 6.38. The monoisotopic (exact) mass is 273 g/mol. The van der Waals surface area contributed by atoms with E-state index in [9.17, 15) is 0 Å². The number of hydrogen-bond acceptors (Lipinski definition) is 1. The molecule has 0 saturated heterocycles. The standard InChI is InChI=1S/C14H21Cl2N/c1-2-3-4-5-6-9-17-11-12-7-8-13(15)10-14(12)16/h7-8,10,17H,2-6,9,11H2,1H3. The lowest BCUT2D eigenvalue weighted by molar-refractivity contribution is 0.583. The smallest absolute Gasteiger partial charge is 0.0465 e. The van der Waals surface area contributed by atoms with E-state index in [2.05, 4.69) is 12.2 Å². The Morgan fingerprint density at radius 1 is 1.06 bits per heavy atom. The number of benzene rings is 1. The molecular weight excluding hydrogens is 253 g/mol. The van der Waals surface area contributed by atoms with Crippen LogP contribution in [0.5, 0.6) is 0 Å². The van der Waals surface area contributed by atoms with Crippen molar-refractivity contribution in [3.8, 4) is 0 Å². The van der Waals surface area contributed by atoms with Gasteiger partial charge < -0.3 is 5.32 Å². The van der Waals surface area contributed by atoms with Crippen molar-refractivity contribution >= 4 is 23.2 Å². The maximum Gasteiger partial charge on any atom is 0.0465 e. The second-order valence-corrected chi connectivity index (χ2v) is 5.17. The van der Waals surface area contributed by atoms with Gasteiger partial charge in [-0.1, -0.05) is 61.9 Å². The van der Waals surface area contributed by atoms with Crippen molar-refractivity contribution in [1.82, 2.24) is 5.32 Å². The molecule has 0 unspecified atom stereocenters. The topological polar surface area (TPSA) is 12.0 Å². The Hall–Kier alpha value is -0.240. The molecule has 0 spiro atoms. The summed E-state index contributed by atoms with van der Waals surface area (Å²) in [5.74, 6) is 0. The summed E-state index contributed by atoms with van der Waals surface area (Å²) in [6, 6.07) is 5.65. The molecule has 0 aliphatic rings. The molecular formula is C14H21Cl2N. The van der Waals surface area contributed by atoms with E-state index in [4.69, 9.17) is 23.2 Å². The van der Waals surface area contributed by atoms with Crippen LogP contribution in [0.25, 0.3) is 0 Å². The lowest BCUT2D eigenvalue weighted by Gasteiger charge is -2.07. The van der Waals surface area contributed by atoms with Crippen LogP contribution in [0, 0.1) is 0 Å². The molecule has 0 aliphatic heterocycles. The van der Waals surface area contributed by atoms with Gasteiger partial charge in [0.25, 0.3) is 0 Å². The van der Waals surface area contributed by atoms with E-state index in [0.29, 0.717) is 5.02 Å². The molecule has 0 aliphatic carbocycles. The Bertz CT molecular complexity index is 326. The molecule has 1 N–H and O–H groups in total. The van der Waals surface area contributed by atoms with Crippen LogP contribution in [0.1, 0.15) is 44.6 Å². The van der Waals surface area contributed by atoms with Crippen molar-refractivity contribution in [1.29, 1.82) is 0 Å². The van der Waals surface area contributed by atoms with Crippen molar-refractivity contribution in [2.24, 2.45) is 0 Å². The highest BCUT2D eigenvalue weighted by atomic mass is 35.5. The van der Waals surface area contributed by atoms with Crippen molar-refractivity contribution in [2.75, 3.05) is 6.54 Å². The van der Waals surface area contributed by atoms with Crippen molar-refractivity contribution < 1.29 is 0 Å². The van der Waals surface area contributed by atoms with Gasteiger partial charge in [-0.2, -0.15) is 0 Å². The maximum absolute atomic E-state index is 6.09. The van der Waals surface area contributed by atoms with Gasteiger partial charge in [-0.3, -0.25) is 0 Å². The Morgan fingerprint density at radius 2 is 1.82 bits per heavy atom. The van der Waals surface area contributed by atoms with E-state index >= 15 is 0 Å². The molecule has 0 amide bonds. The van der Waals surface area contributed by atoms with Crippen molar-refractivity contribution in [2.45, 2.75) is 45.6 Å². The second-order valence-electron chi connectivity index (χ2n) is 4.33. The van der Waals surface area contributed by atoms with Crippen molar-refractivity contribution in [3.63, 3.8) is 0 Å². The highest BCUT2D eigenvalue weighted by Gasteiger charge is 2.00. The molecule has 1 nitrogen and oxygen atoms in total. The Labute approximate surface area is 115 Å². The third-order valence-corrected chi connectivity index (χ3v) is 3.37. The van der Waals surface area contributed by atoms with Gasteiger partial charge in [0.15, 0.2) is 0 Å². The fourth-order valence-electron chi connectivity index (χ4n) is 1.74. The number of hydrogen-bond donors (Lipinski definition) is 1. The minimum absolute atomic E-state index is 0.693. The summed E-state index contributed by atoms with van der Waals surface area (Å²) in [5.41, 5.74) is 1.12. The lowest BCUT2D eigenvalue weighted by Crippen LogP contribution is -2.14. The minimum Gasteiger partial charge on any atom is -0.313 e. The SMILES string of the molecule is CCCCCCCNCc1ccc(Cl)cc1Cl. The van der Waals surface area contributed by atoms with E-state index in [1.54, 1.807) is 6.07 Å². The third-order valence-electron chi connectivity index (χ3n) is 2.79. The van der Waals surface area contributed by atoms with Gasteiger partial charge in [0.05, 0.1) is 0 Å². The first-order valence-corrected chi connectivity index (χ1v) is 7.14. The lowest BCUT2D eigenvalue weighted by atomic mass is 10.1. The fourth-order valence-corrected chi connectivity index (χ4v) is 2.22. The van der Waals surface area contributed by atoms with Crippen LogP contribution in [0.15, 0.2) is 18.2 Å². The average molecular weight is 274 g/mol. The Morgan fingerprint density at radius 3 is 2.53 bits per heavy atom. The van der Waals surface area contributed by atoms with Gasteiger partial charge in [0.2, 0.25) is 0 Å². The summed E-state index contributed by atoms with van der Waals surface area (Å²) in [6.45, 7) is 4.12. The molecule has 0 aromatic heterocycles. The first-order chi connectivity index (χ1) is 8.24. The number of halogens is 2. The summed E-state index contributed by atoms with van der Waals surface area (Å²) in [5, 5.41) is 4.85. The molecule has 17 heavy (non-hydrogen) atoms. The van der Waals surface area contributed by atoms with Crippen LogP contribution in [0.4, 0.5) is 0 Å². The van der Waals surface area contributed by atoms with Crippen LogP contribution >= 0.6 is 23.2 Å². The van der Waals surface area contributed by atoms with Gasteiger partial charge in [-0.05, 0) is 30.7 Å². The molecule has 3 heteroatoms. The van der Waals surface area contributed by atoms with Crippen LogP contribution in [-0.4, -0.2) is 6.54 Å². The zero-order valence-corrected chi connectivity index (χ0v) is 11.9. The van der Waals surface area contributed by atoms with Gasteiger partial charge in [-0.25, -0.2) is 0 Å². The zero-order valence-electron chi connectivity index (χ0n) is 10.4. The highest BCUT2D eigenvalue weighted by molar-refractivity contribution is 6.35. The quantitative estimate of drug-likeness (QED) is 0.654. The first kappa shape index (κ1) is 14.8. The molecule has 0 saturated carbocycles. The van der Waals surface area contributed by atoms with E-state index in [1.165, 1.54) is 32.1 Å². The largest absolute Gasteiger partial charge is 0.313 e. The number of unbranched alkanes of at least 4 members (excludes halogenated alkanes) is 4. The zero-order chi connectivity index (χ0) is 12.5. The molecule has 0 fully saturated rings. The van der Waals surface area contributed by atoms with E-state index in [-0.39, 0.29) is 0 Å². The van der Waals surface area contributed by atoms with Gasteiger partial charge in [0, 0.05) is 16.6 Å². The molecule has 1 aromatic carbocycles. The molecule has 1 aromatic rings. The van der Waals surface area contributed by atoms with Crippen LogP contribution in [0.2, 0.25) is 10.0 Å². The highest BCUT2D eigenvalue weighted by Crippen LogP contribution is 2.20.